The van der Waals surface area contributed by atoms with Crippen molar-refractivity contribution in [2.45, 2.75) is 25.2 Å². The molecule has 1 aromatic carbocycles. The van der Waals surface area contributed by atoms with E-state index in [0.717, 1.165) is 0 Å². The molecule has 0 saturated carbocycles. The van der Waals surface area contributed by atoms with E-state index in [4.69, 9.17) is 11.6 Å². The summed E-state index contributed by atoms with van der Waals surface area (Å²) in [5, 5.41) is 9.82. The van der Waals surface area contributed by atoms with Crippen molar-refractivity contribution in [3.63, 3.8) is 0 Å². The van der Waals surface area contributed by atoms with Crippen LogP contribution in [-0.4, -0.2) is 27.9 Å². The topological polar surface area (TPSA) is 57.6 Å². The number of rotatable bonds is 3. The monoisotopic (exact) mass is 299 g/mol. The molecule has 1 heterocycles. The van der Waals surface area contributed by atoms with Gasteiger partial charge in [-0.2, -0.15) is 0 Å². The smallest absolute Gasteiger partial charge is 0.228 e. The second kappa shape index (κ2) is 5.94. The van der Waals surface area contributed by atoms with E-state index >= 15 is 0 Å². The third kappa shape index (κ3) is 3.29. The Labute approximate surface area is 120 Å². The first-order valence-electron chi connectivity index (χ1n) is 5.88. The lowest BCUT2D eigenvalue weighted by atomic mass is 10.1. The van der Waals surface area contributed by atoms with Crippen molar-refractivity contribution < 1.29 is 14.7 Å². The lowest BCUT2D eigenvalue weighted by Gasteiger charge is -2.19. The van der Waals surface area contributed by atoms with Crippen LogP contribution in [0.5, 0.6) is 0 Å². The highest BCUT2D eigenvalue weighted by molar-refractivity contribution is 8.14. The molecular weight excluding hydrogens is 286 g/mol. The van der Waals surface area contributed by atoms with E-state index in [1.165, 1.54) is 18.7 Å². The van der Waals surface area contributed by atoms with Crippen LogP contribution in [0.2, 0.25) is 5.02 Å². The van der Waals surface area contributed by atoms with Gasteiger partial charge >= 0.3 is 0 Å². The van der Waals surface area contributed by atoms with Gasteiger partial charge in [-0.25, -0.2) is 0 Å². The second-order valence-corrected chi connectivity index (χ2v) is 6.28. The zero-order valence-corrected chi connectivity index (χ0v) is 12.0. The zero-order valence-electron chi connectivity index (χ0n) is 10.4. The fraction of sp³-hybridized carbons (Fsp3) is 0.385. The molecule has 6 heteroatoms. The molecule has 4 nitrogen and oxygen atoms in total. The molecule has 0 aromatic heterocycles. The van der Waals surface area contributed by atoms with Crippen molar-refractivity contribution in [2.75, 3.05) is 11.4 Å². The van der Waals surface area contributed by atoms with Crippen LogP contribution in [0.15, 0.2) is 18.2 Å². The van der Waals surface area contributed by atoms with E-state index in [0.29, 0.717) is 29.2 Å². The van der Waals surface area contributed by atoms with Gasteiger partial charge in [-0.1, -0.05) is 29.4 Å². The molecule has 1 aromatic rings. The molecule has 0 radical (unpaired) electrons. The number of amides is 1. The SMILES string of the molecule is CC(=O)SC1CC(=O)N(c2cc(Cl)ccc2CO)C1. The molecule has 2 rings (SSSR count). The van der Waals surface area contributed by atoms with E-state index in [1.54, 1.807) is 23.1 Å². The number of hydrogen-bond donors (Lipinski definition) is 1. The molecule has 1 atom stereocenters. The third-order valence-electron chi connectivity index (χ3n) is 2.93. The molecule has 19 heavy (non-hydrogen) atoms. The minimum Gasteiger partial charge on any atom is -0.392 e. The number of thioether (sulfide) groups is 1. The largest absolute Gasteiger partial charge is 0.392 e. The molecule has 1 N–H and O–H groups in total. The van der Waals surface area contributed by atoms with Gasteiger partial charge in [0.25, 0.3) is 0 Å². The molecule has 1 fully saturated rings. The molecule has 1 amide bonds. The summed E-state index contributed by atoms with van der Waals surface area (Å²) in [6.45, 7) is 1.81. The standard InChI is InChI=1S/C13H14ClNO3S/c1-8(17)19-11-5-13(18)15(6-11)12-4-10(14)3-2-9(12)7-16/h2-4,11,16H,5-7H2,1H3. The van der Waals surface area contributed by atoms with Crippen LogP contribution in [0.25, 0.3) is 0 Å². The summed E-state index contributed by atoms with van der Waals surface area (Å²) in [4.78, 5) is 24.7. The number of aliphatic hydroxyl groups excluding tert-OH is 1. The first-order chi connectivity index (χ1) is 9.01. The van der Waals surface area contributed by atoms with Crippen LogP contribution >= 0.6 is 23.4 Å². The average Bonchev–Trinajstić information content (AvgIpc) is 2.69. The first-order valence-corrected chi connectivity index (χ1v) is 7.14. The van der Waals surface area contributed by atoms with E-state index in [9.17, 15) is 14.7 Å². The van der Waals surface area contributed by atoms with Crippen molar-refractivity contribution in [1.82, 2.24) is 0 Å². The number of aliphatic hydroxyl groups is 1. The van der Waals surface area contributed by atoms with Crippen molar-refractivity contribution in [3.8, 4) is 0 Å². The Morgan fingerprint density at radius 2 is 2.32 bits per heavy atom. The number of anilines is 1. The van der Waals surface area contributed by atoms with E-state index in [1.807, 2.05) is 0 Å². The maximum atomic E-state index is 12.0. The normalized spacial score (nSPS) is 19.0. The molecule has 0 spiro atoms. The fourth-order valence-corrected chi connectivity index (χ4v) is 3.23. The molecule has 1 saturated heterocycles. The Morgan fingerprint density at radius 3 is 2.95 bits per heavy atom. The number of benzene rings is 1. The maximum Gasteiger partial charge on any atom is 0.228 e. The van der Waals surface area contributed by atoms with Gasteiger partial charge in [-0.3, -0.25) is 9.59 Å². The van der Waals surface area contributed by atoms with E-state index in [2.05, 4.69) is 0 Å². The van der Waals surface area contributed by atoms with Gasteiger partial charge in [0.1, 0.15) is 0 Å². The van der Waals surface area contributed by atoms with Gasteiger partial charge < -0.3 is 10.0 Å². The minimum absolute atomic E-state index is 0.00752. The maximum absolute atomic E-state index is 12.0. The van der Waals surface area contributed by atoms with Crippen molar-refractivity contribution in [3.05, 3.63) is 28.8 Å². The zero-order chi connectivity index (χ0) is 14.0. The molecule has 102 valence electrons. The number of nitrogens with zero attached hydrogens (tertiary/aromatic N) is 1. The average molecular weight is 300 g/mol. The summed E-state index contributed by atoms with van der Waals surface area (Å²) in [5.41, 5.74) is 1.29. The number of carbonyl (C=O) groups excluding carboxylic acids is 2. The van der Waals surface area contributed by atoms with Gasteiger partial charge in [-0.05, 0) is 12.1 Å². The molecule has 1 unspecified atom stereocenters. The van der Waals surface area contributed by atoms with Crippen LogP contribution < -0.4 is 4.90 Å². The first kappa shape index (κ1) is 14.4. The van der Waals surface area contributed by atoms with Crippen molar-refractivity contribution >= 4 is 40.1 Å². The highest BCUT2D eigenvalue weighted by Gasteiger charge is 2.32. The highest BCUT2D eigenvalue weighted by atomic mass is 35.5. The predicted molar refractivity (Wildman–Crippen MR) is 76.4 cm³/mol. The Morgan fingerprint density at radius 1 is 1.58 bits per heavy atom. The van der Waals surface area contributed by atoms with Gasteiger partial charge in [0.2, 0.25) is 5.91 Å². The van der Waals surface area contributed by atoms with Gasteiger partial charge in [0.15, 0.2) is 5.12 Å². The predicted octanol–water partition coefficient (Wildman–Crippen LogP) is 2.22. The lowest BCUT2D eigenvalue weighted by molar-refractivity contribution is -0.117. The second-order valence-electron chi connectivity index (χ2n) is 4.37. The quantitative estimate of drug-likeness (QED) is 0.930. The van der Waals surface area contributed by atoms with Crippen LogP contribution in [0.1, 0.15) is 18.9 Å². The summed E-state index contributed by atoms with van der Waals surface area (Å²) in [6.07, 6.45) is 0.335. The fourth-order valence-electron chi connectivity index (χ4n) is 2.14. The Balaban J connectivity index is 2.25. The Hall–Kier alpha value is -1.04. The molecule has 1 aliphatic heterocycles. The van der Waals surface area contributed by atoms with E-state index < -0.39 is 0 Å². The summed E-state index contributed by atoms with van der Waals surface area (Å²) >= 11 is 7.13. The third-order valence-corrected chi connectivity index (χ3v) is 4.15. The summed E-state index contributed by atoms with van der Waals surface area (Å²) < 4.78 is 0. The van der Waals surface area contributed by atoms with Crippen LogP contribution in [0, 0.1) is 0 Å². The Kier molecular flexibility index (Phi) is 4.50. The van der Waals surface area contributed by atoms with E-state index in [-0.39, 0.29) is 22.9 Å². The molecule has 0 bridgehead atoms. The minimum atomic E-state index is -0.152. The number of hydrogen-bond acceptors (Lipinski definition) is 4. The molecule has 1 aliphatic rings. The molecule has 0 aliphatic carbocycles. The van der Waals surface area contributed by atoms with Crippen molar-refractivity contribution in [1.29, 1.82) is 0 Å². The van der Waals surface area contributed by atoms with Crippen LogP contribution in [-0.2, 0) is 16.2 Å². The summed E-state index contributed by atoms with van der Waals surface area (Å²) in [6, 6.07) is 5.06. The summed E-state index contributed by atoms with van der Waals surface area (Å²) in [7, 11) is 0. The number of carbonyl (C=O) groups is 2. The lowest BCUT2D eigenvalue weighted by Crippen LogP contribution is -2.26. The highest BCUT2D eigenvalue weighted by Crippen LogP contribution is 2.32. The van der Waals surface area contributed by atoms with Gasteiger partial charge in [0, 0.05) is 35.7 Å². The molecular formula is C13H14ClNO3S. The van der Waals surface area contributed by atoms with Crippen LogP contribution in [0.3, 0.4) is 0 Å². The van der Waals surface area contributed by atoms with Crippen molar-refractivity contribution in [2.24, 2.45) is 0 Å². The number of halogens is 1. The Bertz CT molecular complexity index is 521. The summed E-state index contributed by atoms with van der Waals surface area (Å²) in [5.74, 6) is -0.0456. The van der Waals surface area contributed by atoms with Crippen LogP contribution in [0.4, 0.5) is 5.69 Å². The van der Waals surface area contributed by atoms with Gasteiger partial charge in [-0.15, -0.1) is 0 Å². The van der Waals surface area contributed by atoms with Gasteiger partial charge in [0.05, 0.1) is 12.3 Å².